The maximum absolute atomic E-state index is 11.8. The van der Waals surface area contributed by atoms with Gasteiger partial charge >= 0.3 is 5.97 Å². The number of esters is 1. The summed E-state index contributed by atoms with van der Waals surface area (Å²) in [6, 6.07) is 11.6. The zero-order valence-electron chi connectivity index (χ0n) is 9.77. The monoisotopic (exact) mass is 340 g/mol. The lowest BCUT2D eigenvalue weighted by molar-refractivity contribution is 0.0469. The summed E-state index contributed by atoms with van der Waals surface area (Å²) >= 11 is 9.00. The van der Waals surface area contributed by atoms with Crippen molar-refractivity contribution in [1.82, 2.24) is 0 Å². The molecular formula is C14H10BrClO3. The van der Waals surface area contributed by atoms with Gasteiger partial charge in [0, 0.05) is 9.50 Å². The van der Waals surface area contributed by atoms with Gasteiger partial charge in [0.05, 0.1) is 0 Å². The fourth-order valence-corrected chi connectivity index (χ4v) is 1.97. The Morgan fingerprint density at radius 1 is 1.21 bits per heavy atom. The molecule has 98 valence electrons. The molecule has 3 nitrogen and oxygen atoms in total. The van der Waals surface area contributed by atoms with Gasteiger partial charge in [0.2, 0.25) is 0 Å². The van der Waals surface area contributed by atoms with Gasteiger partial charge in [-0.1, -0.05) is 39.7 Å². The number of hydrogen-bond acceptors (Lipinski definition) is 3. The van der Waals surface area contributed by atoms with E-state index in [-0.39, 0.29) is 17.9 Å². The summed E-state index contributed by atoms with van der Waals surface area (Å²) in [5.41, 5.74) is 0.954. The number of phenols is 1. The Balaban J connectivity index is 2.05. The van der Waals surface area contributed by atoms with E-state index in [1.807, 2.05) is 0 Å². The Kier molecular flexibility index (Phi) is 4.45. The van der Waals surface area contributed by atoms with Crippen LogP contribution < -0.4 is 0 Å². The van der Waals surface area contributed by atoms with Crippen molar-refractivity contribution in [2.24, 2.45) is 0 Å². The number of aromatic hydroxyl groups is 1. The lowest BCUT2D eigenvalue weighted by Gasteiger charge is -2.07. The van der Waals surface area contributed by atoms with Gasteiger partial charge in [0.15, 0.2) is 0 Å². The van der Waals surface area contributed by atoms with Crippen molar-refractivity contribution in [3.8, 4) is 5.75 Å². The van der Waals surface area contributed by atoms with Crippen LogP contribution in [0, 0.1) is 0 Å². The van der Waals surface area contributed by atoms with Gasteiger partial charge in [0.1, 0.15) is 17.9 Å². The largest absolute Gasteiger partial charge is 0.507 e. The number of benzene rings is 2. The predicted octanol–water partition coefficient (Wildman–Crippen LogP) is 4.17. The van der Waals surface area contributed by atoms with Crippen LogP contribution in [0.3, 0.4) is 0 Å². The van der Waals surface area contributed by atoms with Crippen LogP contribution in [0.15, 0.2) is 46.9 Å². The summed E-state index contributed by atoms with van der Waals surface area (Å²) in [6.07, 6.45) is 0. The predicted molar refractivity (Wildman–Crippen MR) is 76.4 cm³/mol. The molecule has 1 N–H and O–H groups in total. The van der Waals surface area contributed by atoms with E-state index in [4.69, 9.17) is 16.3 Å². The molecule has 19 heavy (non-hydrogen) atoms. The van der Waals surface area contributed by atoms with Gasteiger partial charge < -0.3 is 9.84 Å². The molecule has 0 aromatic heterocycles. The van der Waals surface area contributed by atoms with Crippen LogP contribution in [0.5, 0.6) is 5.75 Å². The second-order valence-electron chi connectivity index (χ2n) is 3.86. The molecule has 0 unspecified atom stereocenters. The third-order valence-corrected chi connectivity index (χ3v) is 3.21. The summed E-state index contributed by atoms with van der Waals surface area (Å²) in [6.45, 7) is 0.127. The molecule has 0 aliphatic carbocycles. The van der Waals surface area contributed by atoms with Crippen molar-refractivity contribution < 1.29 is 14.6 Å². The van der Waals surface area contributed by atoms with Crippen LogP contribution in [-0.4, -0.2) is 11.1 Å². The van der Waals surface area contributed by atoms with Gasteiger partial charge in [-0.25, -0.2) is 4.79 Å². The molecule has 2 rings (SSSR count). The lowest BCUT2D eigenvalue weighted by atomic mass is 10.2. The number of carbonyl (C=O) groups excluding carboxylic acids is 1. The van der Waals surface area contributed by atoms with Gasteiger partial charge in [-0.2, -0.15) is 0 Å². The fraction of sp³-hybridized carbons (Fsp3) is 0.0714. The zero-order chi connectivity index (χ0) is 13.8. The lowest BCUT2D eigenvalue weighted by Crippen LogP contribution is -2.05. The molecule has 0 aliphatic heterocycles. The van der Waals surface area contributed by atoms with E-state index in [0.29, 0.717) is 9.50 Å². The Hall–Kier alpha value is -1.52. The van der Waals surface area contributed by atoms with E-state index in [1.54, 1.807) is 30.3 Å². The summed E-state index contributed by atoms with van der Waals surface area (Å²) in [5.74, 6) is -0.682. The minimum absolute atomic E-state index is 0.107. The van der Waals surface area contributed by atoms with E-state index in [9.17, 15) is 9.90 Å². The first-order chi connectivity index (χ1) is 9.06. The number of halogens is 2. The molecule has 0 aliphatic rings. The Morgan fingerprint density at radius 3 is 2.58 bits per heavy atom. The van der Waals surface area contributed by atoms with Crippen LogP contribution >= 0.6 is 27.5 Å². The number of hydrogen-bond donors (Lipinski definition) is 1. The van der Waals surface area contributed by atoms with Crippen LogP contribution in [0.1, 0.15) is 15.9 Å². The normalized spacial score (nSPS) is 10.2. The zero-order valence-corrected chi connectivity index (χ0v) is 12.1. The molecule has 0 amide bonds. The summed E-state index contributed by atoms with van der Waals surface area (Å²) in [5, 5.41) is 10.2. The van der Waals surface area contributed by atoms with Crippen molar-refractivity contribution in [2.75, 3.05) is 0 Å². The summed E-state index contributed by atoms with van der Waals surface area (Å²) in [7, 11) is 0. The molecule has 0 spiro atoms. The molecular weight excluding hydrogens is 332 g/mol. The standard InChI is InChI=1S/C14H10BrClO3/c15-10-3-6-13(17)12(7-10)14(18)19-8-9-1-4-11(16)5-2-9/h1-7,17H,8H2. The van der Waals surface area contributed by atoms with Crippen molar-refractivity contribution in [2.45, 2.75) is 6.61 Å². The summed E-state index contributed by atoms with van der Waals surface area (Å²) in [4.78, 5) is 11.8. The van der Waals surface area contributed by atoms with Crippen molar-refractivity contribution in [1.29, 1.82) is 0 Å². The Morgan fingerprint density at radius 2 is 1.89 bits per heavy atom. The molecule has 0 heterocycles. The molecule has 2 aromatic rings. The molecule has 0 radical (unpaired) electrons. The average Bonchev–Trinajstić information content (AvgIpc) is 2.40. The second-order valence-corrected chi connectivity index (χ2v) is 5.22. The molecule has 5 heteroatoms. The third-order valence-electron chi connectivity index (χ3n) is 2.46. The average molecular weight is 342 g/mol. The van der Waals surface area contributed by atoms with E-state index < -0.39 is 5.97 Å². The van der Waals surface area contributed by atoms with Crippen molar-refractivity contribution >= 4 is 33.5 Å². The smallest absolute Gasteiger partial charge is 0.342 e. The first-order valence-corrected chi connectivity index (χ1v) is 6.63. The van der Waals surface area contributed by atoms with E-state index in [1.165, 1.54) is 12.1 Å². The van der Waals surface area contributed by atoms with E-state index in [0.717, 1.165) is 5.56 Å². The maximum Gasteiger partial charge on any atom is 0.342 e. The van der Waals surface area contributed by atoms with Gasteiger partial charge in [-0.05, 0) is 35.9 Å². The van der Waals surface area contributed by atoms with Crippen LogP contribution in [0.4, 0.5) is 0 Å². The van der Waals surface area contributed by atoms with Crippen molar-refractivity contribution in [3.63, 3.8) is 0 Å². The number of rotatable bonds is 3. The number of carbonyl (C=O) groups is 1. The number of phenolic OH excluding ortho intramolecular Hbond substituents is 1. The van der Waals surface area contributed by atoms with Crippen LogP contribution in [0.25, 0.3) is 0 Å². The molecule has 2 aromatic carbocycles. The molecule has 0 bridgehead atoms. The van der Waals surface area contributed by atoms with Gasteiger partial charge in [0.25, 0.3) is 0 Å². The van der Waals surface area contributed by atoms with Gasteiger partial charge in [-0.15, -0.1) is 0 Å². The first-order valence-electron chi connectivity index (χ1n) is 5.46. The van der Waals surface area contributed by atoms with E-state index in [2.05, 4.69) is 15.9 Å². The second kappa shape index (κ2) is 6.08. The minimum Gasteiger partial charge on any atom is -0.507 e. The molecule has 0 fully saturated rings. The summed E-state index contributed by atoms with van der Waals surface area (Å²) < 4.78 is 5.82. The highest BCUT2D eigenvalue weighted by Crippen LogP contribution is 2.23. The van der Waals surface area contributed by atoms with Crippen molar-refractivity contribution in [3.05, 3.63) is 63.1 Å². The SMILES string of the molecule is O=C(OCc1ccc(Cl)cc1)c1cc(Br)ccc1O. The first kappa shape index (κ1) is 13.9. The fourth-order valence-electron chi connectivity index (χ4n) is 1.48. The molecule has 0 saturated carbocycles. The highest BCUT2D eigenvalue weighted by Gasteiger charge is 2.13. The third kappa shape index (κ3) is 3.72. The Labute approximate surface area is 123 Å². The number of ether oxygens (including phenoxy) is 1. The van der Waals surface area contributed by atoms with E-state index >= 15 is 0 Å². The molecule has 0 atom stereocenters. The highest BCUT2D eigenvalue weighted by atomic mass is 79.9. The van der Waals surface area contributed by atoms with Gasteiger partial charge in [-0.3, -0.25) is 0 Å². The Bertz CT molecular complexity index is 596. The minimum atomic E-state index is -0.575. The maximum atomic E-state index is 11.8. The van der Waals surface area contributed by atoms with Crippen LogP contribution in [0.2, 0.25) is 5.02 Å². The topological polar surface area (TPSA) is 46.5 Å². The highest BCUT2D eigenvalue weighted by molar-refractivity contribution is 9.10. The molecule has 0 saturated heterocycles. The quantitative estimate of drug-likeness (QED) is 0.853. The van der Waals surface area contributed by atoms with Crippen LogP contribution in [-0.2, 0) is 11.3 Å².